The first-order chi connectivity index (χ1) is 12.1. The van der Waals surface area contributed by atoms with Crippen molar-refractivity contribution in [2.75, 3.05) is 0 Å². The molecule has 3 rings (SSSR count). The lowest BCUT2D eigenvalue weighted by Gasteiger charge is -2.23. The Labute approximate surface area is 146 Å². The van der Waals surface area contributed by atoms with Gasteiger partial charge in [-0.25, -0.2) is 4.39 Å². The minimum Gasteiger partial charge on any atom is -0.376 e. The maximum atomic E-state index is 13.0. The van der Waals surface area contributed by atoms with Crippen LogP contribution in [-0.2, 0) is 5.60 Å². The first-order valence-electron chi connectivity index (χ1n) is 7.89. The molecule has 0 fully saturated rings. The molecule has 124 valence electrons. The Bertz CT molecular complexity index is 839. The molecule has 0 bridgehead atoms. The van der Waals surface area contributed by atoms with Crippen LogP contribution in [0.1, 0.15) is 22.8 Å². The zero-order valence-corrected chi connectivity index (χ0v) is 13.4. The molecule has 25 heavy (non-hydrogen) atoms. The summed E-state index contributed by atoms with van der Waals surface area (Å²) in [6, 6.07) is 23.6. The largest absolute Gasteiger partial charge is 0.376 e. The SMILES string of the molecule is O[C@@H](C#CC(O)(c1ccccc1)c1ccccc1)c1ccc(F)cc1. The van der Waals surface area contributed by atoms with E-state index >= 15 is 0 Å². The van der Waals surface area contributed by atoms with Crippen LogP contribution in [0.15, 0.2) is 84.9 Å². The Balaban J connectivity index is 2.01. The molecule has 0 saturated heterocycles. The molecular formula is C22H17FO2. The van der Waals surface area contributed by atoms with Crippen molar-refractivity contribution in [1.29, 1.82) is 0 Å². The zero-order valence-electron chi connectivity index (χ0n) is 13.4. The third kappa shape index (κ3) is 3.77. The van der Waals surface area contributed by atoms with Gasteiger partial charge in [-0.15, -0.1) is 0 Å². The lowest BCUT2D eigenvalue weighted by atomic mass is 9.86. The maximum absolute atomic E-state index is 13.0. The van der Waals surface area contributed by atoms with Gasteiger partial charge >= 0.3 is 0 Å². The van der Waals surface area contributed by atoms with Gasteiger partial charge < -0.3 is 10.2 Å². The van der Waals surface area contributed by atoms with Crippen LogP contribution in [0, 0.1) is 17.7 Å². The summed E-state index contributed by atoms with van der Waals surface area (Å²) < 4.78 is 13.0. The summed E-state index contributed by atoms with van der Waals surface area (Å²) in [4.78, 5) is 0. The topological polar surface area (TPSA) is 40.5 Å². The van der Waals surface area contributed by atoms with E-state index < -0.39 is 11.7 Å². The first-order valence-corrected chi connectivity index (χ1v) is 7.89. The number of benzene rings is 3. The molecule has 0 saturated carbocycles. The normalized spacial score (nSPS) is 12.1. The molecule has 0 amide bonds. The second-order valence-electron chi connectivity index (χ2n) is 5.67. The Morgan fingerprint density at radius 2 is 1.24 bits per heavy atom. The third-order valence-electron chi connectivity index (χ3n) is 3.96. The smallest absolute Gasteiger partial charge is 0.176 e. The number of aliphatic hydroxyl groups excluding tert-OH is 1. The predicted molar refractivity (Wildman–Crippen MR) is 95.0 cm³/mol. The maximum Gasteiger partial charge on any atom is 0.176 e. The molecule has 1 atom stereocenters. The number of hydrogen-bond donors (Lipinski definition) is 2. The van der Waals surface area contributed by atoms with Gasteiger partial charge in [0.15, 0.2) is 5.60 Å². The summed E-state index contributed by atoms with van der Waals surface area (Å²) in [5.74, 6) is 5.11. The summed E-state index contributed by atoms with van der Waals surface area (Å²) in [7, 11) is 0. The fourth-order valence-corrected chi connectivity index (χ4v) is 2.57. The van der Waals surface area contributed by atoms with Crippen LogP contribution in [0.5, 0.6) is 0 Å². The minimum atomic E-state index is -1.55. The highest BCUT2D eigenvalue weighted by Gasteiger charge is 2.29. The van der Waals surface area contributed by atoms with Gasteiger partial charge in [0.2, 0.25) is 0 Å². The van der Waals surface area contributed by atoms with Crippen molar-refractivity contribution in [3.05, 3.63) is 107 Å². The van der Waals surface area contributed by atoms with Crippen LogP contribution in [0.25, 0.3) is 0 Å². The molecule has 0 aliphatic rings. The van der Waals surface area contributed by atoms with Crippen LogP contribution in [-0.4, -0.2) is 10.2 Å². The van der Waals surface area contributed by atoms with E-state index in [1.807, 2.05) is 36.4 Å². The quantitative estimate of drug-likeness (QED) is 0.716. The molecule has 3 heteroatoms. The standard InChI is InChI=1S/C22H17FO2/c23-20-13-11-17(12-14-20)21(24)15-16-22(25,18-7-3-1-4-8-18)19-9-5-2-6-10-19/h1-14,21,24-25H/t21-/m0/s1. The number of hydrogen-bond acceptors (Lipinski definition) is 2. The highest BCUT2D eigenvalue weighted by molar-refractivity contribution is 5.45. The van der Waals surface area contributed by atoms with Crippen LogP contribution in [0.4, 0.5) is 4.39 Å². The summed E-state index contributed by atoms with van der Waals surface area (Å²) in [6.07, 6.45) is -1.13. The molecular weight excluding hydrogens is 315 g/mol. The fraction of sp³-hybridized carbons (Fsp3) is 0.0909. The van der Waals surface area contributed by atoms with Gasteiger partial charge in [-0.2, -0.15) is 0 Å². The molecule has 0 heterocycles. The second-order valence-corrected chi connectivity index (χ2v) is 5.67. The summed E-state index contributed by atoms with van der Waals surface area (Å²) in [6.45, 7) is 0. The molecule has 0 aromatic heterocycles. The van der Waals surface area contributed by atoms with E-state index in [1.165, 1.54) is 24.3 Å². The molecule has 0 aliphatic heterocycles. The Morgan fingerprint density at radius 1 is 0.760 bits per heavy atom. The van der Waals surface area contributed by atoms with Gasteiger partial charge in [-0.3, -0.25) is 0 Å². The second kappa shape index (κ2) is 7.31. The Morgan fingerprint density at radius 3 is 1.72 bits per heavy atom. The average molecular weight is 332 g/mol. The first kappa shape index (κ1) is 16.9. The lowest BCUT2D eigenvalue weighted by molar-refractivity contribution is 0.144. The molecule has 0 unspecified atom stereocenters. The molecule has 0 spiro atoms. The highest BCUT2D eigenvalue weighted by atomic mass is 19.1. The van der Waals surface area contributed by atoms with Gasteiger partial charge in [-0.1, -0.05) is 84.6 Å². The Kier molecular flexibility index (Phi) is 4.95. The number of halogens is 1. The zero-order chi connectivity index (χ0) is 17.7. The molecule has 3 aromatic rings. The van der Waals surface area contributed by atoms with Crippen molar-refractivity contribution in [2.45, 2.75) is 11.7 Å². The van der Waals surface area contributed by atoms with Gasteiger partial charge in [0.05, 0.1) is 0 Å². The van der Waals surface area contributed by atoms with Crippen molar-refractivity contribution in [1.82, 2.24) is 0 Å². The number of rotatable bonds is 3. The van der Waals surface area contributed by atoms with Gasteiger partial charge in [-0.05, 0) is 17.7 Å². The molecule has 3 aromatic carbocycles. The average Bonchev–Trinajstić information content (AvgIpc) is 2.68. The predicted octanol–water partition coefficient (Wildman–Crippen LogP) is 3.80. The summed E-state index contributed by atoms with van der Waals surface area (Å²) in [5.41, 5.74) is 0.140. The number of aliphatic hydroxyl groups is 2. The Hall–Kier alpha value is -2.93. The monoisotopic (exact) mass is 332 g/mol. The van der Waals surface area contributed by atoms with E-state index in [2.05, 4.69) is 11.8 Å². The molecule has 2 N–H and O–H groups in total. The fourth-order valence-electron chi connectivity index (χ4n) is 2.57. The van der Waals surface area contributed by atoms with E-state index in [4.69, 9.17) is 0 Å². The van der Waals surface area contributed by atoms with E-state index in [9.17, 15) is 14.6 Å². The van der Waals surface area contributed by atoms with Crippen molar-refractivity contribution in [2.24, 2.45) is 0 Å². The van der Waals surface area contributed by atoms with Crippen molar-refractivity contribution in [3.8, 4) is 11.8 Å². The van der Waals surface area contributed by atoms with E-state index in [-0.39, 0.29) is 5.82 Å². The van der Waals surface area contributed by atoms with Crippen molar-refractivity contribution in [3.63, 3.8) is 0 Å². The molecule has 0 aliphatic carbocycles. The lowest BCUT2D eigenvalue weighted by Crippen LogP contribution is -2.25. The molecule has 0 radical (unpaired) electrons. The van der Waals surface area contributed by atoms with Crippen LogP contribution >= 0.6 is 0 Å². The highest BCUT2D eigenvalue weighted by Crippen LogP contribution is 2.29. The minimum absolute atomic E-state index is 0.381. The molecule has 2 nitrogen and oxygen atoms in total. The van der Waals surface area contributed by atoms with Crippen molar-refractivity contribution < 1.29 is 14.6 Å². The van der Waals surface area contributed by atoms with Crippen LogP contribution in [0.3, 0.4) is 0 Å². The summed E-state index contributed by atoms with van der Waals surface area (Å²) in [5, 5.41) is 21.5. The van der Waals surface area contributed by atoms with Gasteiger partial charge in [0, 0.05) is 11.1 Å². The van der Waals surface area contributed by atoms with Gasteiger partial charge in [0.1, 0.15) is 11.9 Å². The van der Waals surface area contributed by atoms with E-state index in [0.717, 1.165) is 0 Å². The van der Waals surface area contributed by atoms with E-state index in [1.54, 1.807) is 24.3 Å². The third-order valence-corrected chi connectivity index (χ3v) is 3.96. The van der Waals surface area contributed by atoms with Crippen LogP contribution < -0.4 is 0 Å². The van der Waals surface area contributed by atoms with Crippen molar-refractivity contribution >= 4 is 0 Å². The summed E-state index contributed by atoms with van der Waals surface area (Å²) >= 11 is 0. The van der Waals surface area contributed by atoms with Crippen LogP contribution in [0.2, 0.25) is 0 Å². The van der Waals surface area contributed by atoms with Gasteiger partial charge in [0.25, 0.3) is 0 Å². The van der Waals surface area contributed by atoms with E-state index in [0.29, 0.717) is 16.7 Å².